The van der Waals surface area contributed by atoms with Crippen molar-refractivity contribution in [3.05, 3.63) is 47.3 Å². The van der Waals surface area contributed by atoms with Gasteiger partial charge < -0.3 is 10.6 Å². The molecule has 154 valence electrons. The molecule has 1 atom stereocenters. The first-order chi connectivity index (χ1) is 13.8. The minimum absolute atomic E-state index is 0.0655. The molecule has 0 bridgehead atoms. The lowest BCUT2D eigenvalue weighted by Crippen LogP contribution is -2.45. The first kappa shape index (κ1) is 19.5. The maximum atomic E-state index is 13.1. The van der Waals surface area contributed by atoms with Gasteiger partial charge in [-0.15, -0.1) is 0 Å². The predicted octanol–water partition coefficient (Wildman–Crippen LogP) is 3.17. The zero-order chi connectivity index (χ0) is 20.6. The minimum atomic E-state index is -4.46. The van der Waals surface area contributed by atoms with Crippen LogP contribution in [0, 0.1) is 0 Å². The number of amides is 2. The summed E-state index contributed by atoms with van der Waals surface area (Å²) in [6.07, 6.45) is 0.831. The van der Waals surface area contributed by atoms with Gasteiger partial charge in [0.2, 0.25) is 5.91 Å². The van der Waals surface area contributed by atoms with E-state index < -0.39 is 23.7 Å². The lowest BCUT2D eigenvalue weighted by Gasteiger charge is -2.16. The van der Waals surface area contributed by atoms with Gasteiger partial charge in [0.1, 0.15) is 6.04 Å². The zero-order valence-corrected chi connectivity index (χ0v) is 15.6. The molecular weight excluding hydrogens is 385 g/mol. The third-order valence-corrected chi connectivity index (χ3v) is 5.27. The number of halogens is 3. The van der Waals surface area contributed by atoms with Gasteiger partial charge in [-0.25, -0.2) is 4.68 Å². The molecule has 0 radical (unpaired) electrons. The van der Waals surface area contributed by atoms with Crippen molar-refractivity contribution in [2.45, 2.75) is 50.2 Å². The molecule has 1 aromatic carbocycles. The number of aromatic nitrogens is 2. The Morgan fingerprint density at radius 1 is 1.21 bits per heavy atom. The SMILES string of the molecule is O=C(NC1CCCCNC1=O)c1cnn(-c2cccc(C(F)(F)F)c2)c1C1CC1. The summed E-state index contributed by atoms with van der Waals surface area (Å²) < 4.78 is 40.7. The summed E-state index contributed by atoms with van der Waals surface area (Å²) >= 11 is 0. The van der Waals surface area contributed by atoms with Crippen LogP contribution in [0.15, 0.2) is 30.5 Å². The number of alkyl halides is 3. The molecule has 1 aliphatic heterocycles. The van der Waals surface area contributed by atoms with Crippen molar-refractivity contribution in [2.24, 2.45) is 0 Å². The Balaban J connectivity index is 1.64. The van der Waals surface area contributed by atoms with E-state index in [0.29, 0.717) is 24.2 Å². The second-order valence-electron chi connectivity index (χ2n) is 7.49. The molecule has 1 aliphatic carbocycles. The van der Waals surface area contributed by atoms with Gasteiger partial charge in [-0.05, 0) is 50.3 Å². The van der Waals surface area contributed by atoms with Crippen molar-refractivity contribution in [3.8, 4) is 5.69 Å². The summed E-state index contributed by atoms with van der Waals surface area (Å²) in [4.78, 5) is 25.0. The zero-order valence-electron chi connectivity index (χ0n) is 15.6. The summed E-state index contributed by atoms with van der Waals surface area (Å²) in [5.74, 6) is -0.572. The highest BCUT2D eigenvalue weighted by Crippen LogP contribution is 2.43. The van der Waals surface area contributed by atoms with Gasteiger partial charge in [-0.3, -0.25) is 9.59 Å². The smallest absolute Gasteiger partial charge is 0.354 e. The van der Waals surface area contributed by atoms with Crippen LogP contribution in [-0.2, 0) is 11.0 Å². The molecule has 9 heteroatoms. The van der Waals surface area contributed by atoms with E-state index in [2.05, 4.69) is 15.7 Å². The van der Waals surface area contributed by atoms with Crippen molar-refractivity contribution in [2.75, 3.05) is 6.54 Å². The van der Waals surface area contributed by atoms with Gasteiger partial charge in [0.25, 0.3) is 5.91 Å². The van der Waals surface area contributed by atoms with Gasteiger partial charge in [0, 0.05) is 12.5 Å². The number of hydrogen-bond donors (Lipinski definition) is 2. The van der Waals surface area contributed by atoms with Crippen LogP contribution in [-0.4, -0.2) is 34.2 Å². The van der Waals surface area contributed by atoms with Crippen molar-refractivity contribution < 1.29 is 22.8 Å². The van der Waals surface area contributed by atoms with E-state index in [4.69, 9.17) is 0 Å². The molecule has 2 fully saturated rings. The normalized spacial score (nSPS) is 20.1. The van der Waals surface area contributed by atoms with Crippen LogP contribution < -0.4 is 10.6 Å². The fourth-order valence-electron chi connectivity index (χ4n) is 3.62. The van der Waals surface area contributed by atoms with Gasteiger partial charge in [0.15, 0.2) is 0 Å². The van der Waals surface area contributed by atoms with E-state index in [9.17, 15) is 22.8 Å². The Morgan fingerprint density at radius 2 is 2.00 bits per heavy atom. The number of rotatable bonds is 4. The molecule has 29 heavy (non-hydrogen) atoms. The molecule has 1 unspecified atom stereocenters. The van der Waals surface area contributed by atoms with Crippen LogP contribution in [0.5, 0.6) is 0 Å². The van der Waals surface area contributed by atoms with Crippen molar-refractivity contribution in [1.82, 2.24) is 20.4 Å². The minimum Gasteiger partial charge on any atom is -0.354 e. The topological polar surface area (TPSA) is 76.0 Å². The number of hydrogen-bond acceptors (Lipinski definition) is 3. The fraction of sp³-hybridized carbons (Fsp3) is 0.450. The van der Waals surface area contributed by atoms with Crippen LogP contribution in [0.1, 0.15) is 59.6 Å². The van der Waals surface area contributed by atoms with Crippen LogP contribution in [0.3, 0.4) is 0 Å². The Kier molecular flexibility index (Phi) is 5.06. The van der Waals surface area contributed by atoms with E-state index in [1.54, 1.807) is 0 Å². The molecule has 1 aromatic heterocycles. The Bertz CT molecular complexity index is 934. The standard InChI is InChI=1S/C20H21F3N4O2/c21-20(22,23)13-4-3-5-14(10-13)27-17(12-7-8-12)15(11-25-27)18(28)26-16-6-1-2-9-24-19(16)29/h3-5,10-12,16H,1-2,6-9H2,(H,24,29)(H,26,28). The van der Waals surface area contributed by atoms with Crippen LogP contribution in [0.2, 0.25) is 0 Å². The van der Waals surface area contributed by atoms with E-state index in [1.165, 1.54) is 23.0 Å². The Hall–Kier alpha value is -2.84. The van der Waals surface area contributed by atoms with Crippen LogP contribution >= 0.6 is 0 Å². The van der Waals surface area contributed by atoms with Gasteiger partial charge in [-0.2, -0.15) is 18.3 Å². The molecule has 2 heterocycles. The van der Waals surface area contributed by atoms with E-state index in [-0.39, 0.29) is 17.5 Å². The summed E-state index contributed by atoms with van der Waals surface area (Å²) in [6.45, 7) is 0.589. The molecule has 0 spiro atoms. The summed E-state index contributed by atoms with van der Waals surface area (Å²) in [6, 6.07) is 4.27. The average molecular weight is 406 g/mol. The number of carbonyl (C=O) groups excluding carboxylic acids is 2. The second kappa shape index (κ2) is 7.53. The molecule has 2 N–H and O–H groups in total. The first-order valence-corrected chi connectivity index (χ1v) is 9.68. The molecule has 2 aromatic rings. The molecule has 6 nitrogen and oxygen atoms in total. The third kappa shape index (κ3) is 4.13. The molecule has 4 rings (SSSR count). The van der Waals surface area contributed by atoms with Gasteiger partial charge in [-0.1, -0.05) is 6.07 Å². The van der Waals surface area contributed by atoms with Gasteiger partial charge >= 0.3 is 6.18 Å². The maximum Gasteiger partial charge on any atom is 0.416 e. The van der Waals surface area contributed by atoms with E-state index in [0.717, 1.165) is 37.8 Å². The average Bonchev–Trinajstić information content (AvgIpc) is 3.46. The highest BCUT2D eigenvalue weighted by Gasteiger charge is 2.35. The summed E-state index contributed by atoms with van der Waals surface area (Å²) in [5, 5.41) is 9.75. The third-order valence-electron chi connectivity index (χ3n) is 5.27. The monoisotopic (exact) mass is 406 g/mol. The largest absolute Gasteiger partial charge is 0.416 e. The Labute approximate surface area is 165 Å². The highest BCUT2D eigenvalue weighted by molar-refractivity contribution is 5.98. The van der Waals surface area contributed by atoms with E-state index in [1.807, 2.05) is 0 Å². The van der Waals surface area contributed by atoms with Crippen molar-refractivity contribution in [3.63, 3.8) is 0 Å². The van der Waals surface area contributed by atoms with Crippen molar-refractivity contribution >= 4 is 11.8 Å². The number of nitrogens with one attached hydrogen (secondary N) is 2. The van der Waals surface area contributed by atoms with Gasteiger partial charge in [0.05, 0.1) is 28.7 Å². The van der Waals surface area contributed by atoms with E-state index >= 15 is 0 Å². The Morgan fingerprint density at radius 3 is 2.72 bits per heavy atom. The van der Waals surface area contributed by atoms with Crippen molar-refractivity contribution in [1.29, 1.82) is 0 Å². The predicted molar refractivity (Wildman–Crippen MR) is 98.7 cm³/mol. The number of carbonyl (C=O) groups is 2. The fourth-order valence-corrected chi connectivity index (χ4v) is 3.62. The lowest BCUT2D eigenvalue weighted by atomic mass is 10.1. The summed E-state index contributed by atoms with van der Waals surface area (Å²) in [7, 11) is 0. The first-order valence-electron chi connectivity index (χ1n) is 9.68. The highest BCUT2D eigenvalue weighted by atomic mass is 19.4. The quantitative estimate of drug-likeness (QED) is 0.819. The lowest BCUT2D eigenvalue weighted by molar-refractivity contribution is -0.137. The second-order valence-corrected chi connectivity index (χ2v) is 7.49. The van der Waals surface area contributed by atoms with Crippen LogP contribution in [0.4, 0.5) is 13.2 Å². The molecule has 1 saturated heterocycles. The molecule has 1 saturated carbocycles. The molecule has 2 amide bonds. The number of benzene rings is 1. The molecule has 2 aliphatic rings. The molecular formula is C20H21F3N4O2. The maximum absolute atomic E-state index is 13.1. The summed E-state index contributed by atoms with van der Waals surface area (Å²) in [5.41, 5.74) is 0.388. The number of nitrogens with zero attached hydrogens (tertiary/aromatic N) is 2. The van der Waals surface area contributed by atoms with Crippen LogP contribution in [0.25, 0.3) is 5.69 Å².